The zero-order valence-electron chi connectivity index (χ0n) is 14.1. The number of hydrogen-bond acceptors (Lipinski definition) is 5. The molecule has 3 heterocycles. The first-order valence-electron chi connectivity index (χ1n) is 8.07. The molecule has 0 amide bonds. The number of benzene rings is 1. The summed E-state index contributed by atoms with van der Waals surface area (Å²) >= 11 is 4.76. The highest BCUT2D eigenvalue weighted by molar-refractivity contribution is 9.10. The van der Waals surface area contributed by atoms with Gasteiger partial charge in [-0.3, -0.25) is 4.68 Å². The minimum atomic E-state index is -2.76. The molecule has 1 aromatic carbocycles. The van der Waals surface area contributed by atoms with Crippen molar-refractivity contribution < 1.29 is 8.78 Å². The van der Waals surface area contributed by atoms with Crippen LogP contribution in [0.4, 0.5) is 8.78 Å². The molecule has 4 rings (SSSR count). The van der Waals surface area contributed by atoms with E-state index >= 15 is 0 Å². The van der Waals surface area contributed by atoms with Crippen molar-refractivity contribution >= 4 is 39.5 Å². The van der Waals surface area contributed by atoms with Crippen LogP contribution in [0.25, 0.3) is 6.08 Å². The second kappa shape index (κ2) is 7.35. The van der Waals surface area contributed by atoms with E-state index in [0.29, 0.717) is 17.4 Å². The number of nitrogens with zero attached hydrogens (tertiary/aromatic N) is 6. The van der Waals surface area contributed by atoms with E-state index in [2.05, 4.69) is 36.3 Å². The van der Waals surface area contributed by atoms with Gasteiger partial charge in [0.1, 0.15) is 5.71 Å². The summed E-state index contributed by atoms with van der Waals surface area (Å²) in [5.41, 5.74) is 2.26. The fraction of sp³-hybridized carbons (Fsp3) is 0.176. The zero-order chi connectivity index (χ0) is 19.0. The predicted molar refractivity (Wildman–Crippen MR) is 103 cm³/mol. The maximum atomic E-state index is 13.2. The molecule has 0 atom stereocenters. The topological polar surface area (TPSA) is 60.9 Å². The summed E-state index contributed by atoms with van der Waals surface area (Å²) in [7, 11) is 0. The number of aromatic nitrogens is 5. The van der Waals surface area contributed by atoms with Crippen LogP contribution in [-0.2, 0) is 6.54 Å². The van der Waals surface area contributed by atoms with Gasteiger partial charge in [0.05, 0.1) is 16.4 Å². The number of rotatable bonds is 4. The third-order valence-electron chi connectivity index (χ3n) is 3.91. The molecule has 3 aromatic rings. The van der Waals surface area contributed by atoms with E-state index in [9.17, 15) is 8.78 Å². The Labute approximate surface area is 166 Å². The van der Waals surface area contributed by atoms with Crippen LogP contribution in [-0.4, -0.2) is 30.4 Å². The van der Waals surface area contributed by atoms with Gasteiger partial charge in [0.25, 0.3) is 6.43 Å². The van der Waals surface area contributed by atoms with Gasteiger partial charge in [-0.1, -0.05) is 30.3 Å². The minimum absolute atomic E-state index is 0.301. The van der Waals surface area contributed by atoms with Crippen molar-refractivity contribution in [2.24, 2.45) is 5.10 Å². The van der Waals surface area contributed by atoms with Crippen molar-refractivity contribution in [2.45, 2.75) is 25.1 Å². The average molecular weight is 451 g/mol. The molecule has 0 radical (unpaired) electrons. The second-order valence-corrected chi connectivity index (χ2v) is 7.44. The lowest BCUT2D eigenvalue weighted by atomic mass is 10.1. The SMILES string of the molecule is CCn1ncc(Br)c1/C=C1\Sc2nnc(C(F)F)n2N=C1c1ccccc1. The Bertz CT molecular complexity index is 1040. The van der Waals surface area contributed by atoms with Gasteiger partial charge in [-0.25, -0.2) is 8.78 Å². The van der Waals surface area contributed by atoms with E-state index in [-0.39, 0.29) is 0 Å². The molecule has 10 heteroatoms. The predicted octanol–water partition coefficient (Wildman–Crippen LogP) is 4.59. The molecule has 2 aromatic heterocycles. The molecule has 0 spiro atoms. The van der Waals surface area contributed by atoms with Gasteiger partial charge in [0.2, 0.25) is 11.0 Å². The quantitative estimate of drug-likeness (QED) is 0.582. The highest BCUT2D eigenvalue weighted by atomic mass is 79.9. The van der Waals surface area contributed by atoms with Crippen LogP contribution in [0.2, 0.25) is 0 Å². The number of thioether (sulfide) groups is 1. The average Bonchev–Trinajstić information content (AvgIpc) is 3.25. The van der Waals surface area contributed by atoms with Crippen LogP contribution in [0.1, 0.15) is 30.4 Å². The monoisotopic (exact) mass is 450 g/mol. The molecule has 0 saturated heterocycles. The van der Waals surface area contributed by atoms with E-state index in [1.807, 2.05) is 48.0 Å². The van der Waals surface area contributed by atoms with Crippen LogP contribution in [0.3, 0.4) is 0 Å². The lowest BCUT2D eigenvalue weighted by molar-refractivity contribution is 0.135. The molecule has 138 valence electrons. The number of fused-ring (bicyclic) bond motifs is 1. The Morgan fingerprint density at radius 2 is 2.00 bits per heavy atom. The Balaban J connectivity index is 1.89. The smallest absolute Gasteiger partial charge is 0.265 e. The number of hydrogen-bond donors (Lipinski definition) is 0. The Morgan fingerprint density at radius 3 is 2.70 bits per heavy atom. The second-order valence-electron chi connectivity index (χ2n) is 5.57. The highest BCUT2D eigenvalue weighted by Crippen LogP contribution is 2.37. The largest absolute Gasteiger partial charge is 0.299 e. The number of halogens is 3. The maximum absolute atomic E-state index is 13.2. The lowest BCUT2D eigenvalue weighted by Crippen LogP contribution is -2.14. The van der Waals surface area contributed by atoms with Crippen LogP contribution in [0.15, 0.2) is 56.2 Å². The highest BCUT2D eigenvalue weighted by Gasteiger charge is 2.28. The van der Waals surface area contributed by atoms with Crippen LogP contribution in [0, 0.1) is 0 Å². The minimum Gasteiger partial charge on any atom is -0.265 e. The summed E-state index contributed by atoms with van der Waals surface area (Å²) < 4.78 is 30.3. The molecule has 27 heavy (non-hydrogen) atoms. The molecule has 0 fully saturated rings. The van der Waals surface area contributed by atoms with Gasteiger partial charge in [0, 0.05) is 17.0 Å². The van der Waals surface area contributed by atoms with Crippen LogP contribution >= 0.6 is 27.7 Å². The molecular formula is C17H13BrF2N6S. The van der Waals surface area contributed by atoms with Gasteiger partial charge in [-0.2, -0.15) is 14.9 Å². The maximum Gasteiger partial charge on any atom is 0.299 e. The summed E-state index contributed by atoms with van der Waals surface area (Å²) in [4.78, 5) is 0.776. The van der Waals surface area contributed by atoms with E-state index in [1.54, 1.807) is 6.20 Å². The summed E-state index contributed by atoms with van der Waals surface area (Å²) in [5.74, 6) is -0.468. The Kier molecular flexibility index (Phi) is 4.92. The van der Waals surface area contributed by atoms with E-state index < -0.39 is 12.2 Å². The molecule has 1 aliphatic rings. The van der Waals surface area contributed by atoms with Crippen molar-refractivity contribution in [3.8, 4) is 0 Å². The molecule has 0 unspecified atom stereocenters. The number of aryl methyl sites for hydroxylation is 1. The first-order valence-corrected chi connectivity index (χ1v) is 9.68. The molecular weight excluding hydrogens is 438 g/mol. The van der Waals surface area contributed by atoms with Gasteiger partial charge in [-0.15, -0.1) is 10.2 Å². The van der Waals surface area contributed by atoms with E-state index in [0.717, 1.165) is 25.3 Å². The van der Waals surface area contributed by atoms with Crippen molar-refractivity contribution in [3.63, 3.8) is 0 Å². The van der Waals surface area contributed by atoms with Crippen LogP contribution in [0.5, 0.6) is 0 Å². The Morgan fingerprint density at radius 1 is 1.22 bits per heavy atom. The van der Waals surface area contributed by atoms with E-state index in [4.69, 9.17) is 0 Å². The van der Waals surface area contributed by atoms with Gasteiger partial charge >= 0.3 is 0 Å². The fourth-order valence-corrected chi connectivity index (χ4v) is 3.99. The normalized spacial score (nSPS) is 15.3. The summed E-state index contributed by atoms with van der Waals surface area (Å²) in [6.45, 7) is 2.69. The third-order valence-corrected chi connectivity index (χ3v) is 5.49. The molecule has 0 bridgehead atoms. The summed E-state index contributed by atoms with van der Waals surface area (Å²) in [6, 6.07) is 9.42. The first-order chi connectivity index (χ1) is 13.1. The van der Waals surface area contributed by atoms with Crippen molar-refractivity contribution in [2.75, 3.05) is 0 Å². The van der Waals surface area contributed by atoms with Crippen molar-refractivity contribution in [1.29, 1.82) is 0 Å². The number of alkyl halides is 2. The lowest BCUT2D eigenvalue weighted by Gasteiger charge is -2.17. The summed E-state index contributed by atoms with van der Waals surface area (Å²) in [6.07, 6.45) is 0.895. The first kappa shape index (κ1) is 18.1. The third kappa shape index (κ3) is 3.34. The fourth-order valence-electron chi connectivity index (χ4n) is 2.65. The van der Waals surface area contributed by atoms with Gasteiger partial charge < -0.3 is 0 Å². The standard InChI is InChI=1S/C17H13BrF2N6S/c1-2-25-12(11(18)9-21-25)8-13-14(10-6-4-3-5-7-10)24-26-16(15(19)20)22-23-17(26)27-13/h3-9,15H,2H2,1H3/b13-8-. The molecule has 6 nitrogen and oxygen atoms in total. The van der Waals surface area contributed by atoms with E-state index in [1.165, 1.54) is 11.8 Å². The van der Waals surface area contributed by atoms with Crippen molar-refractivity contribution in [1.82, 2.24) is 24.7 Å². The van der Waals surface area contributed by atoms with Gasteiger partial charge in [0.15, 0.2) is 0 Å². The molecule has 1 aliphatic heterocycles. The molecule has 0 aliphatic carbocycles. The zero-order valence-corrected chi connectivity index (χ0v) is 16.5. The number of allylic oxidation sites excluding steroid dienone is 1. The van der Waals surface area contributed by atoms with Crippen molar-refractivity contribution in [3.05, 3.63) is 63.0 Å². The Hall–Kier alpha value is -2.33. The molecule has 0 saturated carbocycles. The molecule has 0 N–H and O–H groups in total. The summed E-state index contributed by atoms with van der Waals surface area (Å²) in [5, 5.41) is 16.5. The van der Waals surface area contributed by atoms with Gasteiger partial charge in [-0.05, 0) is 40.7 Å². The van der Waals surface area contributed by atoms with Crippen LogP contribution < -0.4 is 0 Å².